The number of aryl methyl sites for hydroxylation is 3. The Balaban J connectivity index is 1.69. The van der Waals surface area contributed by atoms with Gasteiger partial charge in [0.25, 0.3) is 18.0 Å². The Kier molecular flexibility index (Phi) is 5.93. The molecule has 2 aromatic carbocycles. The number of carbonyl (C=O) groups excluding carboxylic acids is 1. The third kappa shape index (κ3) is 4.53. The predicted octanol–water partition coefficient (Wildman–Crippen LogP) is 5.54. The Morgan fingerprint density at radius 3 is 2.62 bits per heavy atom. The fourth-order valence-electron chi connectivity index (χ4n) is 3.39. The minimum absolute atomic E-state index is 0.0508. The molecule has 0 fully saturated rings. The molecule has 0 atom stereocenters. The average Bonchev–Trinajstić information content (AvgIpc) is 3.19. The van der Waals surface area contributed by atoms with E-state index in [1.165, 1.54) is 31.2 Å². The molecule has 0 radical (unpaired) electrons. The van der Waals surface area contributed by atoms with E-state index in [1.807, 2.05) is 26.0 Å². The number of carbonyl (C=O) groups is 1. The highest BCUT2D eigenvalue weighted by Crippen LogP contribution is 2.32. The number of amides is 1. The molecular formula is C23H19F2N5O4. The monoisotopic (exact) mass is 467 g/mol. The van der Waals surface area contributed by atoms with Crippen molar-refractivity contribution in [2.24, 2.45) is 0 Å². The van der Waals surface area contributed by atoms with E-state index in [0.717, 1.165) is 21.8 Å². The normalized spacial score (nSPS) is 11.1. The number of halogens is 2. The Morgan fingerprint density at radius 1 is 1.15 bits per heavy atom. The van der Waals surface area contributed by atoms with Crippen LogP contribution in [0.4, 0.5) is 20.2 Å². The van der Waals surface area contributed by atoms with Gasteiger partial charge < -0.3 is 10.1 Å². The highest BCUT2D eigenvalue weighted by molar-refractivity contribution is 6.08. The molecule has 4 rings (SSSR count). The first-order chi connectivity index (χ1) is 16.1. The lowest BCUT2D eigenvalue weighted by molar-refractivity contribution is -0.384. The van der Waals surface area contributed by atoms with Crippen LogP contribution in [0, 0.1) is 30.9 Å². The van der Waals surface area contributed by atoms with Crippen LogP contribution in [0.5, 0.6) is 11.5 Å². The fraction of sp³-hybridized carbons (Fsp3) is 0.174. The molecule has 1 amide bonds. The number of alkyl halides is 2. The van der Waals surface area contributed by atoms with E-state index in [9.17, 15) is 23.7 Å². The van der Waals surface area contributed by atoms with Gasteiger partial charge in [0.2, 0.25) is 0 Å². The summed E-state index contributed by atoms with van der Waals surface area (Å²) >= 11 is 0. The number of hydrogen-bond donors (Lipinski definition) is 1. The van der Waals surface area contributed by atoms with E-state index in [1.54, 1.807) is 6.07 Å². The van der Waals surface area contributed by atoms with E-state index < -0.39 is 22.9 Å². The molecule has 0 aliphatic carbocycles. The van der Waals surface area contributed by atoms with Gasteiger partial charge in [0, 0.05) is 17.8 Å². The largest absolute Gasteiger partial charge is 0.457 e. The fourth-order valence-corrected chi connectivity index (χ4v) is 3.39. The molecule has 4 aromatic rings. The van der Waals surface area contributed by atoms with Crippen molar-refractivity contribution < 1.29 is 23.2 Å². The summed E-state index contributed by atoms with van der Waals surface area (Å²) in [5.41, 5.74) is 1.33. The van der Waals surface area contributed by atoms with Crippen molar-refractivity contribution in [1.82, 2.24) is 14.6 Å². The molecule has 0 aliphatic heterocycles. The maximum Gasteiger partial charge on any atom is 0.280 e. The number of nitrogens with zero attached hydrogens (tertiary/aromatic N) is 4. The maximum absolute atomic E-state index is 13.4. The second-order valence-corrected chi connectivity index (χ2v) is 7.71. The molecule has 2 heterocycles. The number of rotatable bonds is 6. The third-order valence-electron chi connectivity index (χ3n) is 5.03. The Labute approximate surface area is 192 Å². The van der Waals surface area contributed by atoms with Gasteiger partial charge in [-0.2, -0.15) is 5.10 Å². The number of ether oxygens (including phenoxy) is 1. The molecular weight excluding hydrogens is 448 g/mol. The van der Waals surface area contributed by atoms with Crippen LogP contribution in [0.2, 0.25) is 0 Å². The van der Waals surface area contributed by atoms with Crippen LogP contribution in [0.25, 0.3) is 5.65 Å². The van der Waals surface area contributed by atoms with E-state index in [-0.39, 0.29) is 34.0 Å². The van der Waals surface area contributed by atoms with Gasteiger partial charge in [-0.05, 0) is 44.0 Å². The molecule has 11 heteroatoms. The summed E-state index contributed by atoms with van der Waals surface area (Å²) < 4.78 is 33.5. The highest BCUT2D eigenvalue weighted by atomic mass is 19.3. The first-order valence-corrected chi connectivity index (χ1v) is 10.1. The molecule has 1 N–H and O–H groups in total. The van der Waals surface area contributed by atoms with Crippen LogP contribution >= 0.6 is 0 Å². The molecule has 0 spiro atoms. The van der Waals surface area contributed by atoms with Crippen LogP contribution in [0.1, 0.15) is 39.3 Å². The summed E-state index contributed by atoms with van der Waals surface area (Å²) in [7, 11) is 0. The van der Waals surface area contributed by atoms with E-state index in [0.29, 0.717) is 5.75 Å². The van der Waals surface area contributed by atoms with Gasteiger partial charge in [0.15, 0.2) is 5.65 Å². The second-order valence-electron chi connectivity index (χ2n) is 7.71. The van der Waals surface area contributed by atoms with Gasteiger partial charge in [-0.25, -0.2) is 18.3 Å². The van der Waals surface area contributed by atoms with E-state index >= 15 is 0 Å². The van der Waals surface area contributed by atoms with Crippen molar-refractivity contribution in [2.45, 2.75) is 27.2 Å². The van der Waals surface area contributed by atoms with E-state index in [2.05, 4.69) is 15.4 Å². The molecule has 0 aliphatic rings. The summed E-state index contributed by atoms with van der Waals surface area (Å²) in [5, 5.41) is 17.9. The number of nitro benzene ring substituents is 1. The van der Waals surface area contributed by atoms with Crippen LogP contribution < -0.4 is 10.1 Å². The van der Waals surface area contributed by atoms with Gasteiger partial charge in [-0.15, -0.1) is 0 Å². The molecule has 0 bridgehead atoms. The van der Waals surface area contributed by atoms with Crippen molar-refractivity contribution in [1.29, 1.82) is 0 Å². The topological polar surface area (TPSA) is 112 Å². The van der Waals surface area contributed by atoms with Crippen molar-refractivity contribution in [3.05, 3.63) is 86.9 Å². The lowest BCUT2D eigenvalue weighted by Gasteiger charge is -2.11. The van der Waals surface area contributed by atoms with Crippen molar-refractivity contribution in [3.63, 3.8) is 0 Å². The molecule has 0 saturated heterocycles. The number of aromatic nitrogens is 3. The zero-order chi connectivity index (χ0) is 24.6. The van der Waals surface area contributed by atoms with Gasteiger partial charge in [-0.3, -0.25) is 14.9 Å². The number of nitro groups is 1. The minimum Gasteiger partial charge on any atom is -0.457 e. The maximum atomic E-state index is 13.4. The summed E-state index contributed by atoms with van der Waals surface area (Å²) in [6.45, 7) is 5.25. The lowest BCUT2D eigenvalue weighted by Crippen LogP contribution is -2.13. The molecule has 2 aromatic heterocycles. The number of hydrogen-bond acceptors (Lipinski definition) is 6. The lowest BCUT2D eigenvalue weighted by atomic mass is 10.1. The quantitative estimate of drug-likeness (QED) is 0.294. The van der Waals surface area contributed by atoms with Gasteiger partial charge >= 0.3 is 0 Å². The zero-order valence-corrected chi connectivity index (χ0v) is 18.4. The van der Waals surface area contributed by atoms with E-state index in [4.69, 9.17) is 4.74 Å². The number of benzene rings is 2. The number of fused-ring (bicyclic) bond motifs is 1. The highest BCUT2D eigenvalue weighted by Gasteiger charge is 2.21. The molecule has 34 heavy (non-hydrogen) atoms. The number of anilines is 1. The van der Waals surface area contributed by atoms with Crippen LogP contribution in [-0.2, 0) is 0 Å². The Bertz CT molecular complexity index is 1430. The molecule has 9 nitrogen and oxygen atoms in total. The van der Waals surface area contributed by atoms with Crippen LogP contribution in [-0.4, -0.2) is 25.4 Å². The number of non-ortho nitro benzene ring substituents is 1. The Hall–Kier alpha value is -4.41. The first-order valence-electron chi connectivity index (χ1n) is 10.1. The van der Waals surface area contributed by atoms with Crippen molar-refractivity contribution >= 4 is 22.9 Å². The summed E-state index contributed by atoms with van der Waals surface area (Å²) in [5.74, 6) is -0.0573. The predicted molar refractivity (Wildman–Crippen MR) is 120 cm³/mol. The SMILES string of the molecule is Cc1ccc(C)c(Oc2cc(NC(=O)c3cnn4c(C(F)F)cc(C)nc34)cc([N+](=O)[O-])c2)c1. The average molecular weight is 467 g/mol. The molecule has 0 saturated carbocycles. The number of nitrogens with one attached hydrogen (secondary N) is 1. The smallest absolute Gasteiger partial charge is 0.280 e. The second kappa shape index (κ2) is 8.85. The molecule has 0 unspecified atom stereocenters. The van der Waals surface area contributed by atoms with Crippen LogP contribution in [0.3, 0.4) is 0 Å². The Morgan fingerprint density at radius 2 is 1.91 bits per heavy atom. The minimum atomic E-state index is -2.82. The van der Waals surface area contributed by atoms with Crippen LogP contribution in [0.15, 0.2) is 48.7 Å². The molecule has 174 valence electrons. The summed E-state index contributed by atoms with van der Waals surface area (Å²) in [6, 6.07) is 10.6. The summed E-state index contributed by atoms with van der Waals surface area (Å²) in [4.78, 5) is 27.9. The van der Waals surface area contributed by atoms with Crippen molar-refractivity contribution in [3.8, 4) is 11.5 Å². The van der Waals surface area contributed by atoms with Gasteiger partial charge in [0.05, 0.1) is 22.9 Å². The zero-order valence-electron chi connectivity index (χ0n) is 18.4. The van der Waals surface area contributed by atoms with Crippen molar-refractivity contribution in [2.75, 3.05) is 5.32 Å². The standard InChI is InChI=1S/C23H19F2N5O4/c1-12-4-5-13(2)20(6-12)34-17-9-15(8-16(10-17)30(32)33)28-23(31)18-11-26-29-19(21(24)25)7-14(3)27-22(18)29/h4-11,21H,1-3H3,(H,28,31). The van der Waals surface area contributed by atoms with Gasteiger partial charge in [-0.1, -0.05) is 12.1 Å². The summed E-state index contributed by atoms with van der Waals surface area (Å²) in [6.07, 6.45) is -1.70. The first kappa shape index (κ1) is 22.8. The third-order valence-corrected chi connectivity index (χ3v) is 5.03. The van der Waals surface area contributed by atoms with Gasteiger partial charge in [0.1, 0.15) is 22.8 Å².